The number of anilines is 2. The number of carbonyl (C=O) groups is 1. The van der Waals surface area contributed by atoms with Crippen LogP contribution in [0, 0.1) is 0 Å². The van der Waals surface area contributed by atoms with Gasteiger partial charge in [0.15, 0.2) is 6.23 Å². The van der Waals surface area contributed by atoms with E-state index in [2.05, 4.69) is 27.4 Å². The van der Waals surface area contributed by atoms with Crippen molar-refractivity contribution in [3.63, 3.8) is 0 Å². The lowest BCUT2D eigenvalue weighted by atomic mass is 10.2. The van der Waals surface area contributed by atoms with Crippen LogP contribution in [0.4, 0.5) is 11.4 Å². The number of para-hydroxylation sites is 3. The molecule has 1 unspecified atom stereocenters. The molecule has 2 N–H and O–H groups in total. The number of likely N-dealkylation sites (N-methyl/N-ethyl adjacent to an activating group) is 1. The van der Waals surface area contributed by atoms with Gasteiger partial charge < -0.3 is 19.6 Å². The van der Waals surface area contributed by atoms with Crippen LogP contribution in [0.1, 0.15) is 24.0 Å². The van der Waals surface area contributed by atoms with E-state index >= 15 is 0 Å². The summed E-state index contributed by atoms with van der Waals surface area (Å²) in [5, 5.41) is 18.5. The number of hydrogen-bond acceptors (Lipinski definition) is 6. The predicted molar refractivity (Wildman–Crippen MR) is 122 cm³/mol. The lowest BCUT2D eigenvalue weighted by Crippen LogP contribution is -2.48. The number of rotatable bonds is 4. The highest BCUT2D eigenvalue weighted by atomic mass is 16.5. The Morgan fingerprint density at radius 3 is 2.75 bits per heavy atom. The number of fused-ring (bicyclic) bond motifs is 2. The maximum absolute atomic E-state index is 13.0. The molecule has 3 aromatic rings. The van der Waals surface area contributed by atoms with E-state index in [9.17, 15) is 9.90 Å². The Morgan fingerprint density at radius 1 is 1.12 bits per heavy atom. The zero-order chi connectivity index (χ0) is 22.1. The van der Waals surface area contributed by atoms with Gasteiger partial charge >= 0.3 is 0 Å². The molecule has 8 nitrogen and oxygen atoms in total. The van der Waals surface area contributed by atoms with Gasteiger partial charge in [-0.15, -0.1) is 0 Å². The highest BCUT2D eigenvalue weighted by Crippen LogP contribution is 2.30. The number of ether oxygens (including phenoxy) is 1. The van der Waals surface area contributed by atoms with Gasteiger partial charge in [-0.3, -0.25) is 14.8 Å². The molecule has 5 rings (SSSR count). The van der Waals surface area contributed by atoms with Crippen LogP contribution in [0.25, 0.3) is 0 Å². The molecule has 8 heteroatoms. The Kier molecular flexibility index (Phi) is 5.55. The van der Waals surface area contributed by atoms with Crippen LogP contribution in [-0.2, 0) is 17.9 Å². The first-order valence-electron chi connectivity index (χ1n) is 10.9. The fourth-order valence-electron chi connectivity index (χ4n) is 4.33. The van der Waals surface area contributed by atoms with Gasteiger partial charge in [0, 0.05) is 25.8 Å². The largest absolute Gasteiger partial charge is 0.489 e. The summed E-state index contributed by atoms with van der Waals surface area (Å²) in [7, 11) is 1.72. The SMILES string of the molecule is CN1C(=O)[C@@H](NC(O)c2cc3n(n2)CCCN(c2ccccc2)C3)COc2ccccc21. The molecule has 0 bridgehead atoms. The monoisotopic (exact) mass is 433 g/mol. The highest BCUT2D eigenvalue weighted by molar-refractivity contribution is 5.98. The Bertz CT molecular complexity index is 1100. The van der Waals surface area contributed by atoms with E-state index in [0.29, 0.717) is 23.7 Å². The fourth-order valence-corrected chi connectivity index (χ4v) is 4.33. The summed E-state index contributed by atoms with van der Waals surface area (Å²) in [5.74, 6) is 0.488. The van der Waals surface area contributed by atoms with Crippen LogP contribution in [0.5, 0.6) is 5.75 Å². The van der Waals surface area contributed by atoms with E-state index in [-0.39, 0.29) is 12.5 Å². The maximum atomic E-state index is 13.0. The predicted octanol–water partition coefficient (Wildman–Crippen LogP) is 2.30. The molecule has 2 atom stereocenters. The van der Waals surface area contributed by atoms with Crippen molar-refractivity contribution in [3.05, 3.63) is 72.1 Å². The number of hydrogen-bond donors (Lipinski definition) is 2. The average molecular weight is 434 g/mol. The zero-order valence-electron chi connectivity index (χ0n) is 18.0. The van der Waals surface area contributed by atoms with Crippen LogP contribution in [0.3, 0.4) is 0 Å². The molecule has 166 valence electrons. The van der Waals surface area contributed by atoms with Gasteiger partial charge in [-0.1, -0.05) is 30.3 Å². The quantitative estimate of drug-likeness (QED) is 0.615. The Balaban J connectivity index is 1.31. The van der Waals surface area contributed by atoms with E-state index in [0.717, 1.165) is 25.2 Å². The van der Waals surface area contributed by atoms with Crippen molar-refractivity contribution in [1.82, 2.24) is 15.1 Å². The molecule has 0 saturated carbocycles. The first kappa shape index (κ1) is 20.5. The van der Waals surface area contributed by atoms with E-state index < -0.39 is 12.3 Å². The van der Waals surface area contributed by atoms with E-state index in [1.807, 2.05) is 53.2 Å². The molecule has 0 aliphatic carbocycles. The third-order valence-corrected chi connectivity index (χ3v) is 6.05. The minimum Gasteiger partial charge on any atom is -0.489 e. The summed E-state index contributed by atoms with van der Waals surface area (Å²) in [6.07, 6.45) is -0.114. The fraction of sp³-hybridized carbons (Fsp3) is 0.333. The van der Waals surface area contributed by atoms with Crippen LogP contribution >= 0.6 is 0 Å². The van der Waals surface area contributed by atoms with Crippen LogP contribution in [0.2, 0.25) is 0 Å². The van der Waals surface area contributed by atoms with Crippen molar-refractivity contribution in [2.24, 2.45) is 0 Å². The summed E-state index contributed by atoms with van der Waals surface area (Å²) in [6.45, 7) is 2.58. The number of aromatic nitrogens is 2. The first-order valence-corrected chi connectivity index (χ1v) is 10.9. The second-order valence-corrected chi connectivity index (χ2v) is 8.19. The van der Waals surface area contributed by atoms with Crippen LogP contribution in [-0.4, -0.2) is 47.0 Å². The van der Waals surface area contributed by atoms with Crippen molar-refractivity contribution in [2.45, 2.75) is 31.8 Å². The normalized spacial score (nSPS) is 19.4. The minimum atomic E-state index is -1.08. The molecule has 1 aromatic heterocycles. The van der Waals surface area contributed by atoms with Gasteiger partial charge in [-0.05, 0) is 36.8 Å². The molecular weight excluding hydrogens is 406 g/mol. The van der Waals surface area contributed by atoms with Gasteiger partial charge in [-0.2, -0.15) is 5.10 Å². The van der Waals surface area contributed by atoms with Gasteiger partial charge in [0.1, 0.15) is 24.1 Å². The van der Waals surface area contributed by atoms with Crippen molar-refractivity contribution in [3.8, 4) is 5.75 Å². The number of amides is 1. The summed E-state index contributed by atoms with van der Waals surface area (Å²) < 4.78 is 7.79. The van der Waals surface area contributed by atoms with E-state index in [4.69, 9.17) is 4.74 Å². The number of aliphatic hydroxyl groups excluding tert-OH is 1. The Morgan fingerprint density at radius 2 is 1.91 bits per heavy atom. The van der Waals surface area contributed by atoms with Crippen molar-refractivity contribution >= 4 is 17.3 Å². The van der Waals surface area contributed by atoms with Gasteiger partial charge in [0.05, 0.1) is 17.9 Å². The smallest absolute Gasteiger partial charge is 0.247 e. The van der Waals surface area contributed by atoms with Gasteiger partial charge in [0.25, 0.3) is 0 Å². The maximum Gasteiger partial charge on any atom is 0.247 e. The first-order chi connectivity index (χ1) is 15.6. The number of nitrogens with one attached hydrogen (secondary N) is 1. The molecule has 2 aliphatic rings. The van der Waals surface area contributed by atoms with Crippen molar-refractivity contribution < 1.29 is 14.6 Å². The molecular formula is C24H27N5O3. The van der Waals surface area contributed by atoms with Crippen LogP contribution < -0.4 is 19.9 Å². The molecule has 0 saturated heterocycles. The molecule has 0 spiro atoms. The Hall–Kier alpha value is -3.36. The van der Waals surface area contributed by atoms with Crippen LogP contribution in [0.15, 0.2) is 60.7 Å². The number of aliphatic hydroxyl groups is 1. The summed E-state index contributed by atoms with van der Waals surface area (Å²) in [4.78, 5) is 16.8. The molecule has 2 aromatic carbocycles. The molecule has 3 heterocycles. The van der Waals surface area contributed by atoms with Crippen molar-refractivity contribution in [1.29, 1.82) is 0 Å². The molecule has 1 amide bonds. The van der Waals surface area contributed by atoms with Crippen molar-refractivity contribution in [2.75, 3.05) is 30.0 Å². The summed E-state index contributed by atoms with van der Waals surface area (Å²) in [6, 6.07) is 19.0. The minimum absolute atomic E-state index is 0.132. The molecule has 0 fully saturated rings. The standard InChI is InChI=1S/C24H27N5O3/c1-27-21-10-5-6-11-22(21)32-16-20(24(27)31)25-23(30)19-14-18-15-28(12-7-13-29(18)26-19)17-8-3-2-4-9-17/h2-6,8-11,14,20,23,25,30H,7,12-13,15-16H2,1H3/t20-,23?/m0/s1. The third kappa shape index (κ3) is 3.94. The lowest BCUT2D eigenvalue weighted by Gasteiger charge is -2.22. The molecule has 0 radical (unpaired) electrons. The second-order valence-electron chi connectivity index (χ2n) is 8.19. The second kappa shape index (κ2) is 8.64. The third-order valence-electron chi connectivity index (χ3n) is 6.05. The summed E-state index contributed by atoms with van der Waals surface area (Å²) >= 11 is 0. The van der Waals surface area contributed by atoms with Gasteiger partial charge in [-0.25, -0.2) is 0 Å². The topological polar surface area (TPSA) is 82.9 Å². The van der Waals surface area contributed by atoms with E-state index in [1.54, 1.807) is 11.9 Å². The number of carbonyl (C=O) groups excluding carboxylic acids is 1. The Labute approximate surface area is 187 Å². The highest BCUT2D eigenvalue weighted by Gasteiger charge is 2.31. The average Bonchev–Trinajstić information content (AvgIpc) is 3.06. The number of benzene rings is 2. The summed E-state index contributed by atoms with van der Waals surface area (Å²) in [5.41, 5.74) is 3.43. The number of nitrogens with zero attached hydrogens (tertiary/aromatic N) is 4. The lowest BCUT2D eigenvalue weighted by molar-refractivity contribution is -0.121. The number of aryl methyl sites for hydroxylation is 1. The molecule has 2 aliphatic heterocycles. The molecule has 32 heavy (non-hydrogen) atoms. The van der Waals surface area contributed by atoms with Gasteiger partial charge in [0.2, 0.25) is 5.91 Å². The van der Waals surface area contributed by atoms with E-state index in [1.165, 1.54) is 5.69 Å². The zero-order valence-corrected chi connectivity index (χ0v) is 18.0.